The van der Waals surface area contributed by atoms with Crippen LogP contribution >= 0.6 is 0 Å². The zero-order valence-corrected chi connectivity index (χ0v) is 15.3. The predicted octanol–water partition coefficient (Wildman–Crippen LogP) is 4.22. The minimum absolute atomic E-state index is 0.0508. The molecule has 136 valence electrons. The van der Waals surface area contributed by atoms with Gasteiger partial charge < -0.3 is 10.6 Å². The third-order valence-electron chi connectivity index (χ3n) is 5.22. The van der Waals surface area contributed by atoms with Crippen molar-refractivity contribution in [3.8, 4) is 0 Å². The number of hydrogen-bond donors (Lipinski definition) is 2. The van der Waals surface area contributed by atoms with E-state index in [-0.39, 0.29) is 17.7 Å². The van der Waals surface area contributed by atoms with Gasteiger partial charge >= 0.3 is 0 Å². The van der Waals surface area contributed by atoms with E-state index in [1.807, 2.05) is 36.4 Å². The summed E-state index contributed by atoms with van der Waals surface area (Å²) >= 11 is 0. The minimum Gasteiger partial charge on any atom is -0.326 e. The fraction of sp³-hybridized carbons (Fsp3) is 0.208. The van der Waals surface area contributed by atoms with Crippen LogP contribution in [0.25, 0.3) is 0 Å². The van der Waals surface area contributed by atoms with E-state index in [1.54, 1.807) is 0 Å². The average molecular weight is 356 g/mol. The molecule has 4 rings (SSSR count). The standard InChI is InChI=1S/C24H24N2O/c27-24(23-17-25-16-22(23)20-11-5-2-6-12-20)26-21-13-7-10-19(15-21)14-18-8-3-1-4-9-18/h1-13,15,22-23,25H,14,16-17H2,(H,26,27)/t22-,23+/m0/s1. The normalized spacial score (nSPS) is 19.0. The van der Waals surface area contributed by atoms with Gasteiger partial charge in [-0.05, 0) is 35.2 Å². The molecule has 27 heavy (non-hydrogen) atoms. The number of nitrogens with one attached hydrogen (secondary N) is 2. The third-order valence-corrected chi connectivity index (χ3v) is 5.22. The van der Waals surface area contributed by atoms with Gasteiger partial charge in [-0.1, -0.05) is 72.8 Å². The minimum atomic E-state index is -0.0508. The number of anilines is 1. The van der Waals surface area contributed by atoms with Crippen LogP contribution < -0.4 is 10.6 Å². The summed E-state index contributed by atoms with van der Waals surface area (Å²) in [7, 11) is 0. The molecule has 3 nitrogen and oxygen atoms in total. The monoisotopic (exact) mass is 356 g/mol. The Labute approximate surface area is 160 Å². The molecule has 0 bridgehead atoms. The number of hydrogen-bond acceptors (Lipinski definition) is 2. The summed E-state index contributed by atoms with van der Waals surface area (Å²) in [5.74, 6) is 0.259. The van der Waals surface area contributed by atoms with Gasteiger partial charge in [-0.15, -0.1) is 0 Å². The first kappa shape index (κ1) is 17.5. The molecule has 0 unspecified atom stereocenters. The van der Waals surface area contributed by atoms with Crippen molar-refractivity contribution in [1.29, 1.82) is 0 Å². The van der Waals surface area contributed by atoms with Gasteiger partial charge in [0.1, 0.15) is 0 Å². The number of carbonyl (C=O) groups is 1. The molecule has 0 aliphatic carbocycles. The fourth-order valence-corrected chi connectivity index (χ4v) is 3.83. The molecule has 1 saturated heterocycles. The summed E-state index contributed by atoms with van der Waals surface area (Å²) in [4.78, 5) is 12.9. The smallest absolute Gasteiger partial charge is 0.229 e. The van der Waals surface area contributed by atoms with Crippen molar-refractivity contribution >= 4 is 11.6 Å². The van der Waals surface area contributed by atoms with Gasteiger partial charge in [0.05, 0.1) is 5.92 Å². The first-order chi connectivity index (χ1) is 13.3. The maximum absolute atomic E-state index is 12.9. The van der Waals surface area contributed by atoms with E-state index >= 15 is 0 Å². The molecule has 1 aliphatic rings. The van der Waals surface area contributed by atoms with Gasteiger partial charge in [0.2, 0.25) is 5.91 Å². The van der Waals surface area contributed by atoms with Crippen LogP contribution in [-0.4, -0.2) is 19.0 Å². The third kappa shape index (κ3) is 4.26. The Morgan fingerprint density at radius 3 is 2.33 bits per heavy atom. The Kier molecular flexibility index (Phi) is 5.31. The highest BCUT2D eigenvalue weighted by Gasteiger charge is 2.33. The van der Waals surface area contributed by atoms with E-state index in [0.717, 1.165) is 25.2 Å². The van der Waals surface area contributed by atoms with E-state index in [0.29, 0.717) is 0 Å². The summed E-state index contributed by atoms with van der Waals surface area (Å²) in [6.07, 6.45) is 0.863. The maximum Gasteiger partial charge on any atom is 0.229 e. The Morgan fingerprint density at radius 2 is 1.56 bits per heavy atom. The second-order valence-electron chi connectivity index (χ2n) is 7.13. The molecule has 1 fully saturated rings. The van der Waals surface area contributed by atoms with Gasteiger partial charge in [-0.2, -0.15) is 0 Å². The zero-order valence-electron chi connectivity index (χ0n) is 15.3. The topological polar surface area (TPSA) is 41.1 Å². The van der Waals surface area contributed by atoms with Crippen LogP contribution in [0.2, 0.25) is 0 Å². The van der Waals surface area contributed by atoms with Crippen molar-refractivity contribution in [2.24, 2.45) is 5.92 Å². The SMILES string of the molecule is O=C(Nc1cccc(Cc2ccccc2)c1)[C@@H]1CNC[C@H]1c1ccccc1. The van der Waals surface area contributed by atoms with Gasteiger partial charge in [0.25, 0.3) is 0 Å². The lowest BCUT2D eigenvalue weighted by Gasteiger charge is -2.19. The van der Waals surface area contributed by atoms with Crippen LogP contribution in [0.5, 0.6) is 0 Å². The molecule has 2 N–H and O–H groups in total. The van der Waals surface area contributed by atoms with Gasteiger partial charge in [-0.3, -0.25) is 4.79 Å². The molecular weight excluding hydrogens is 332 g/mol. The molecule has 3 heteroatoms. The molecule has 1 heterocycles. The lowest BCUT2D eigenvalue weighted by atomic mass is 9.88. The second-order valence-corrected chi connectivity index (χ2v) is 7.13. The van der Waals surface area contributed by atoms with Crippen LogP contribution in [0.4, 0.5) is 5.69 Å². The predicted molar refractivity (Wildman–Crippen MR) is 110 cm³/mol. The summed E-state index contributed by atoms with van der Waals surface area (Å²) < 4.78 is 0. The molecular formula is C24H24N2O. The number of benzene rings is 3. The van der Waals surface area contributed by atoms with Crippen molar-refractivity contribution in [3.05, 3.63) is 102 Å². The maximum atomic E-state index is 12.9. The van der Waals surface area contributed by atoms with E-state index in [9.17, 15) is 4.79 Å². The highest BCUT2D eigenvalue weighted by Crippen LogP contribution is 2.29. The highest BCUT2D eigenvalue weighted by atomic mass is 16.1. The summed E-state index contributed by atoms with van der Waals surface area (Å²) in [5.41, 5.74) is 4.56. The highest BCUT2D eigenvalue weighted by molar-refractivity contribution is 5.93. The Balaban J connectivity index is 1.45. The van der Waals surface area contributed by atoms with Gasteiger partial charge in [0.15, 0.2) is 0 Å². The molecule has 3 aromatic carbocycles. The number of carbonyl (C=O) groups excluding carboxylic acids is 1. The van der Waals surface area contributed by atoms with E-state index in [2.05, 4.69) is 59.2 Å². The summed E-state index contributed by atoms with van der Waals surface area (Å²) in [6, 6.07) is 28.8. The molecule has 0 spiro atoms. The van der Waals surface area contributed by atoms with Crippen molar-refractivity contribution in [1.82, 2.24) is 5.32 Å². The Bertz CT molecular complexity index is 893. The molecule has 0 aromatic heterocycles. The summed E-state index contributed by atoms with van der Waals surface area (Å²) in [5, 5.41) is 6.50. The Hall–Kier alpha value is -2.91. The molecule has 0 saturated carbocycles. The second kappa shape index (κ2) is 8.19. The Morgan fingerprint density at radius 1 is 0.852 bits per heavy atom. The molecule has 1 aliphatic heterocycles. The van der Waals surface area contributed by atoms with Gasteiger partial charge in [-0.25, -0.2) is 0 Å². The average Bonchev–Trinajstić information content (AvgIpc) is 3.20. The molecule has 0 radical (unpaired) electrons. The molecule has 3 aromatic rings. The first-order valence-electron chi connectivity index (χ1n) is 9.49. The van der Waals surface area contributed by atoms with Crippen molar-refractivity contribution < 1.29 is 4.79 Å². The lowest BCUT2D eigenvalue weighted by Crippen LogP contribution is -2.28. The number of amides is 1. The van der Waals surface area contributed by atoms with Gasteiger partial charge in [0, 0.05) is 24.7 Å². The van der Waals surface area contributed by atoms with Crippen LogP contribution in [0.15, 0.2) is 84.9 Å². The molecule has 1 amide bonds. The molecule has 2 atom stereocenters. The van der Waals surface area contributed by atoms with Crippen LogP contribution in [0, 0.1) is 5.92 Å². The largest absolute Gasteiger partial charge is 0.326 e. The van der Waals surface area contributed by atoms with E-state index in [4.69, 9.17) is 0 Å². The first-order valence-corrected chi connectivity index (χ1v) is 9.49. The van der Waals surface area contributed by atoms with Crippen molar-refractivity contribution in [2.75, 3.05) is 18.4 Å². The van der Waals surface area contributed by atoms with Crippen LogP contribution in [-0.2, 0) is 11.2 Å². The van der Waals surface area contributed by atoms with Crippen molar-refractivity contribution in [3.63, 3.8) is 0 Å². The van der Waals surface area contributed by atoms with E-state index in [1.165, 1.54) is 16.7 Å². The van der Waals surface area contributed by atoms with Crippen LogP contribution in [0.3, 0.4) is 0 Å². The van der Waals surface area contributed by atoms with Crippen LogP contribution in [0.1, 0.15) is 22.6 Å². The lowest BCUT2D eigenvalue weighted by molar-refractivity contribution is -0.119. The quantitative estimate of drug-likeness (QED) is 0.719. The number of rotatable bonds is 5. The zero-order chi connectivity index (χ0) is 18.5. The summed E-state index contributed by atoms with van der Waals surface area (Å²) in [6.45, 7) is 1.56. The fourth-order valence-electron chi connectivity index (χ4n) is 3.83. The van der Waals surface area contributed by atoms with E-state index < -0.39 is 0 Å². The van der Waals surface area contributed by atoms with Crippen molar-refractivity contribution in [2.45, 2.75) is 12.3 Å².